The number of sulfonamides is 1. The molecule has 0 aromatic heterocycles. The fraction of sp³-hybridized carbons (Fsp3) is 0.571. The third-order valence-electron chi connectivity index (χ3n) is 3.61. The summed E-state index contributed by atoms with van der Waals surface area (Å²) in [5, 5.41) is 6.79. The van der Waals surface area contributed by atoms with Gasteiger partial charge in [0.25, 0.3) is 0 Å². The quantitative estimate of drug-likeness (QED) is 0.771. The van der Waals surface area contributed by atoms with Gasteiger partial charge >= 0.3 is 0 Å². The SMILES string of the molecule is CCNS(=O)(=O)c1ccccc1NC1CCCNC1C. The maximum Gasteiger partial charge on any atom is 0.242 e. The topological polar surface area (TPSA) is 70.2 Å². The van der Waals surface area contributed by atoms with Gasteiger partial charge in [-0.3, -0.25) is 0 Å². The van der Waals surface area contributed by atoms with Crippen LogP contribution in [0.4, 0.5) is 5.69 Å². The zero-order valence-corrected chi connectivity index (χ0v) is 12.8. The molecule has 2 unspecified atom stereocenters. The molecule has 1 aromatic rings. The Bertz CT molecular complexity index is 545. The molecule has 0 aliphatic carbocycles. The molecule has 2 atom stereocenters. The monoisotopic (exact) mass is 297 g/mol. The van der Waals surface area contributed by atoms with Crippen molar-refractivity contribution in [2.45, 2.75) is 43.7 Å². The molecule has 112 valence electrons. The van der Waals surface area contributed by atoms with E-state index in [0.29, 0.717) is 23.2 Å². The molecule has 0 saturated carbocycles. The van der Waals surface area contributed by atoms with E-state index in [1.54, 1.807) is 19.1 Å². The summed E-state index contributed by atoms with van der Waals surface area (Å²) in [6, 6.07) is 7.65. The highest BCUT2D eigenvalue weighted by molar-refractivity contribution is 7.89. The van der Waals surface area contributed by atoms with E-state index in [4.69, 9.17) is 0 Å². The Morgan fingerprint density at radius 3 is 2.80 bits per heavy atom. The summed E-state index contributed by atoms with van der Waals surface area (Å²) in [7, 11) is -3.44. The van der Waals surface area contributed by atoms with E-state index in [1.807, 2.05) is 12.1 Å². The third kappa shape index (κ3) is 3.50. The average molecular weight is 297 g/mol. The lowest BCUT2D eigenvalue weighted by Gasteiger charge is -2.32. The second kappa shape index (κ2) is 6.56. The van der Waals surface area contributed by atoms with Crippen molar-refractivity contribution >= 4 is 15.7 Å². The van der Waals surface area contributed by atoms with Gasteiger partial charge < -0.3 is 10.6 Å². The van der Waals surface area contributed by atoms with E-state index < -0.39 is 10.0 Å². The van der Waals surface area contributed by atoms with E-state index in [9.17, 15) is 8.42 Å². The fourth-order valence-corrected chi connectivity index (χ4v) is 3.74. The Balaban J connectivity index is 2.24. The molecule has 1 aromatic carbocycles. The van der Waals surface area contributed by atoms with Gasteiger partial charge in [0.1, 0.15) is 4.90 Å². The maximum absolute atomic E-state index is 12.2. The van der Waals surface area contributed by atoms with Crippen molar-refractivity contribution in [1.29, 1.82) is 0 Å². The minimum Gasteiger partial charge on any atom is -0.380 e. The minimum absolute atomic E-state index is 0.252. The van der Waals surface area contributed by atoms with Gasteiger partial charge in [-0.1, -0.05) is 19.1 Å². The van der Waals surface area contributed by atoms with Crippen LogP contribution >= 0.6 is 0 Å². The average Bonchev–Trinajstić information content (AvgIpc) is 2.42. The van der Waals surface area contributed by atoms with Crippen molar-refractivity contribution in [2.24, 2.45) is 0 Å². The summed E-state index contributed by atoms with van der Waals surface area (Å²) in [4.78, 5) is 0.319. The van der Waals surface area contributed by atoms with Gasteiger partial charge in [0, 0.05) is 18.6 Å². The van der Waals surface area contributed by atoms with Crippen LogP contribution in [0.15, 0.2) is 29.2 Å². The predicted molar refractivity (Wildman–Crippen MR) is 81.4 cm³/mol. The third-order valence-corrected chi connectivity index (χ3v) is 5.22. The van der Waals surface area contributed by atoms with Gasteiger partial charge in [-0.15, -0.1) is 0 Å². The number of piperidine rings is 1. The molecule has 1 aliphatic rings. The van der Waals surface area contributed by atoms with Gasteiger partial charge in [-0.25, -0.2) is 13.1 Å². The number of anilines is 1. The Labute approximate surface area is 121 Å². The number of nitrogens with one attached hydrogen (secondary N) is 3. The van der Waals surface area contributed by atoms with Crippen molar-refractivity contribution in [3.05, 3.63) is 24.3 Å². The highest BCUT2D eigenvalue weighted by Crippen LogP contribution is 2.23. The molecule has 2 rings (SSSR count). The van der Waals surface area contributed by atoms with E-state index in [2.05, 4.69) is 22.3 Å². The molecule has 20 heavy (non-hydrogen) atoms. The fourth-order valence-electron chi connectivity index (χ4n) is 2.53. The Hall–Kier alpha value is -1.11. The Morgan fingerprint density at radius 1 is 1.35 bits per heavy atom. The standard InChI is InChI=1S/C14H23N3O2S/c1-3-16-20(18,19)14-9-5-4-7-13(14)17-12-8-6-10-15-11(12)2/h4-5,7,9,11-12,15-17H,3,6,8,10H2,1-2H3. The molecule has 1 saturated heterocycles. The smallest absolute Gasteiger partial charge is 0.242 e. The van der Waals surface area contributed by atoms with Crippen LogP contribution in [-0.4, -0.2) is 33.6 Å². The van der Waals surface area contributed by atoms with E-state index in [1.165, 1.54) is 0 Å². The lowest BCUT2D eigenvalue weighted by molar-refractivity contribution is 0.389. The summed E-state index contributed by atoms with van der Waals surface area (Å²) in [5.74, 6) is 0. The van der Waals surface area contributed by atoms with Crippen molar-refractivity contribution < 1.29 is 8.42 Å². The van der Waals surface area contributed by atoms with Crippen LogP contribution in [0.3, 0.4) is 0 Å². The first-order valence-electron chi connectivity index (χ1n) is 7.13. The van der Waals surface area contributed by atoms with Gasteiger partial charge in [-0.2, -0.15) is 0 Å². The number of benzene rings is 1. The molecule has 3 N–H and O–H groups in total. The lowest BCUT2D eigenvalue weighted by atomic mass is 9.99. The first-order chi connectivity index (χ1) is 9.54. The van der Waals surface area contributed by atoms with Crippen molar-refractivity contribution in [3.8, 4) is 0 Å². The van der Waals surface area contributed by atoms with Gasteiger partial charge in [-0.05, 0) is 38.4 Å². The van der Waals surface area contributed by atoms with Crippen LogP contribution in [0.25, 0.3) is 0 Å². The molecule has 1 fully saturated rings. The van der Waals surface area contributed by atoms with Crippen molar-refractivity contribution in [3.63, 3.8) is 0 Å². The highest BCUT2D eigenvalue weighted by atomic mass is 32.2. The molecule has 0 bridgehead atoms. The Kier molecular flexibility index (Phi) is 5.01. The minimum atomic E-state index is -3.44. The summed E-state index contributed by atoms with van der Waals surface area (Å²) < 4.78 is 27.0. The zero-order valence-electron chi connectivity index (χ0n) is 12.0. The van der Waals surface area contributed by atoms with Crippen LogP contribution in [-0.2, 0) is 10.0 Å². The molecule has 6 heteroatoms. The van der Waals surface area contributed by atoms with E-state index >= 15 is 0 Å². The molecule has 1 heterocycles. The van der Waals surface area contributed by atoms with Crippen LogP contribution in [0.5, 0.6) is 0 Å². The number of para-hydroxylation sites is 1. The van der Waals surface area contributed by atoms with Crippen LogP contribution in [0.1, 0.15) is 26.7 Å². The first kappa shape index (κ1) is 15.3. The molecule has 5 nitrogen and oxygen atoms in total. The predicted octanol–water partition coefficient (Wildman–Crippen LogP) is 1.54. The van der Waals surface area contributed by atoms with Crippen LogP contribution in [0.2, 0.25) is 0 Å². The van der Waals surface area contributed by atoms with Crippen molar-refractivity contribution in [1.82, 2.24) is 10.0 Å². The molecule has 1 aliphatic heterocycles. The lowest BCUT2D eigenvalue weighted by Crippen LogP contribution is -2.46. The summed E-state index contributed by atoms with van der Waals surface area (Å²) in [6.45, 7) is 5.31. The number of hydrogen-bond acceptors (Lipinski definition) is 4. The zero-order chi connectivity index (χ0) is 14.6. The van der Waals surface area contributed by atoms with Gasteiger partial charge in [0.2, 0.25) is 10.0 Å². The number of hydrogen-bond donors (Lipinski definition) is 3. The first-order valence-corrected chi connectivity index (χ1v) is 8.61. The number of rotatable bonds is 5. The maximum atomic E-state index is 12.2. The normalized spacial score (nSPS) is 23.5. The van der Waals surface area contributed by atoms with Crippen LogP contribution < -0.4 is 15.4 Å². The van der Waals surface area contributed by atoms with Gasteiger partial charge in [0.05, 0.1) is 5.69 Å². The molecule has 0 spiro atoms. The summed E-state index contributed by atoms with van der Waals surface area (Å²) in [5.41, 5.74) is 0.675. The Morgan fingerprint density at radius 2 is 2.10 bits per heavy atom. The summed E-state index contributed by atoms with van der Waals surface area (Å²) >= 11 is 0. The van der Waals surface area contributed by atoms with E-state index in [-0.39, 0.29) is 6.04 Å². The second-order valence-corrected chi connectivity index (χ2v) is 6.87. The highest BCUT2D eigenvalue weighted by Gasteiger charge is 2.23. The van der Waals surface area contributed by atoms with E-state index in [0.717, 1.165) is 19.4 Å². The molecule has 0 radical (unpaired) electrons. The molecular weight excluding hydrogens is 274 g/mol. The second-order valence-electron chi connectivity index (χ2n) is 5.13. The van der Waals surface area contributed by atoms with Gasteiger partial charge in [0.15, 0.2) is 0 Å². The summed E-state index contributed by atoms with van der Waals surface area (Å²) in [6.07, 6.45) is 2.15. The molecule has 0 amide bonds. The molecular formula is C14H23N3O2S. The van der Waals surface area contributed by atoms with Crippen LogP contribution in [0, 0.1) is 0 Å². The largest absolute Gasteiger partial charge is 0.380 e. The van der Waals surface area contributed by atoms with Crippen molar-refractivity contribution in [2.75, 3.05) is 18.4 Å².